The lowest BCUT2D eigenvalue weighted by Crippen LogP contribution is -2.30. The number of methoxy groups -OCH3 is 1. The van der Waals surface area contributed by atoms with E-state index >= 15 is 0 Å². The van der Waals surface area contributed by atoms with Crippen molar-refractivity contribution in [2.45, 2.75) is 19.4 Å². The highest BCUT2D eigenvalue weighted by Gasteiger charge is 2.17. The van der Waals surface area contributed by atoms with E-state index in [9.17, 15) is 4.39 Å². The van der Waals surface area contributed by atoms with Crippen molar-refractivity contribution in [1.29, 1.82) is 0 Å². The van der Waals surface area contributed by atoms with Gasteiger partial charge in [-0.3, -0.25) is 11.3 Å². The molecule has 0 radical (unpaired) electrons. The molecule has 3 nitrogen and oxygen atoms in total. The van der Waals surface area contributed by atoms with Gasteiger partial charge in [0.2, 0.25) is 0 Å². The number of nitrogens with one attached hydrogen (secondary N) is 1. The number of hydrazine groups is 1. The van der Waals surface area contributed by atoms with E-state index in [1.165, 1.54) is 6.07 Å². The van der Waals surface area contributed by atoms with Gasteiger partial charge in [-0.2, -0.15) is 0 Å². The van der Waals surface area contributed by atoms with Crippen molar-refractivity contribution in [3.8, 4) is 5.75 Å². The number of ether oxygens (including phenoxy) is 1. The molecule has 0 aliphatic rings. The topological polar surface area (TPSA) is 47.3 Å². The van der Waals surface area contributed by atoms with Gasteiger partial charge in [0.25, 0.3) is 0 Å². The summed E-state index contributed by atoms with van der Waals surface area (Å²) in [6, 6.07) is 10.2. The molecule has 21 heavy (non-hydrogen) atoms. The largest absolute Gasteiger partial charge is 0.496 e. The Morgan fingerprint density at radius 2 is 2.05 bits per heavy atom. The zero-order valence-corrected chi connectivity index (χ0v) is 12.7. The van der Waals surface area contributed by atoms with Crippen molar-refractivity contribution in [1.82, 2.24) is 5.43 Å². The summed E-state index contributed by atoms with van der Waals surface area (Å²) in [5, 5.41) is 0.376. The number of hydrogen-bond acceptors (Lipinski definition) is 3. The summed E-state index contributed by atoms with van der Waals surface area (Å²) in [6.07, 6.45) is 0.402. The lowest BCUT2D eigenvalue weighted by Gasteiger charge is -2.20. The first-order valence-electron chi connectivity index (χ1n) is 6.59. The molecule has 1 atom stereocenters. The molecule has 112 valence electrons. The molecule has 0 aliphatic carbocycles. The molecule has 3 N–H and O–H groups in total. The van der Waals surface area contributed by atoms with Gasteiger partial charge in [-0.25, -0.2) is 4.39 Å². The monoisotopic (exact) mass is 308 g/mol. The second-order valence-corrected chi connectivity index (χ2v) is 5.34. The molecule has 0 aliphatic heterocycles. The molecule has 5 heteroatoms. The Morgan fingerprint density at radius 3 is 2.67 bits per heavy atom. The molecular weight excluding hydrogens is 291 g/mol. The quantitative estimate of drug-likeness (QED) is 0.656. The van der Waals surface area contributed by atoms with Crippen LogP contribution in [0.4, 0.5) is 4.39 Å². The highest BCUT2D eigenvalue weighted by atomic mass is 35.5. The zero-order valence-electron chi connectivity index (χ0n) is 12.0. The van der Waals surface area contributed by atoms with Gasteiger partial charge >= 0.3 is 0 Å². The van der Waals surface area contributed by atoms with Crippen LogP contribution in [0.1, 0.15) is 22.7 Å². The standard InChI is InChI=1S/C16H18ClFN2O/c1-10-3-6-13(16(7-10)21-2)15(20-19)8-11-4-5-12(17)9-14(11)18/h3-7,9,15,20H,8,19H2,1-2H3. The Hall–Kier alpha value is -1.62. The summed E-state index contributed by atoms with van der Waals surface area (Å²) < 4.78 is 19.3. The molecule has 0 spiro atoms. The number of hydrogen-bond donors (Lipinski definition) is 2. The van der Waals surface area contributed by atoms with Crippen LogP contribution in [0, 0.1) is 12.7 Å². The molecule has 2 aromatic carbocycles. The summed E-state index contributed by atoms with van der Waals surface area (Å²) in [5.41, 5.74) is 5.25. The van der Waals surface area contributed by atoms with Crippen LogP contribution in [0.25, 0.3) is 0 Å². The average Bonchev–Trinajstić information content (AvgIpc) is 2.47. The van der Waals surface area contributed by atoms with E-state index < -0.39 is 0 Å². The third-order valence-electron chi connectivity index (χ3n) is 3.40. The predicted octanol–water partition coefficient (Wildman–Crippen LogP) is 3.54. The molecule has 2 aromatic rings. The zero-order chi connectivity index (χ0) is 15.4. The second kappa shape index (κ2) is 6.89. The Labute approximate surface area is 128 Å². The van der Waals surface area contributed by atoms with E-state index in [0.717, 1.165) is 16.9 Å². The number of rotatable bonds is 5. The number of nitrogens with two attached hydrogens (primary N) is 1. The van der Waals surface area contributed by atoms with E-state index in [2.05, 4.69) is 5.43 Å². The van der Waals surface area contributed by atoms with E-state index in [-0.39, 0.29) is 11.9 Å². The van der Waals surface area contributed by atoms with Crippen molar-refractivity contribution in [2.24, 2.45) is 5.84 Å². The Bertz CT molecular complexity index is 634. The van der Waals surface area contributed by atoms with Gasteiger partial charge in [-0.1, -0.05) is 29.8 Å². The number of benzene rings is 2. The van der Waals surface area contributed by atoms with Crippen LogP contribution in [0.3, 0.4) is 0 Å². The van der Waals surface area contributed by atoms with Crippen LogP contribution in [-0.4, -0.2) is 7.11 Å². The molecule has 0 saturated heterocycles. The first-order valence-corrected chi connectivity index (χ1v) is 6.97. The van der Waals surface area contributed by atoms with Crippen LogP contribution in [0.5, 0.6) is 5.75 Å². The fraction of sp³-hybridized carbons (Fsp3) is 0.250. The minimum atomic E-state index is -0.339. The third kappa shape index (κ3) is 3.73. The van der Waals surface area contributed by atoms with Crippen LogP contribution in [0.2, 0.25) is 5.02 Å². The SMILES string of the molecule is COc1cc(C)ccc1C(Cc1ccc(Cl)cc1F)NN. The number of halogens is 2. The van der Waals surface area contributed by atoms with Crippen molar-refractivity contribution in [3.05, 3.63) is 63.9 Å². The molecule has 1 unspecified atom stereocenters. The van der Waals surface area contributed by atoms with E-state index in [0.29, 0.717) is 17.0 Å². The van der Waals surface area contributed by atoms with Crippen molar-refractivity contribution >= 4 is 11.6 Å². The normalized spacial score (nSPS) is 12.2. The summed E-state index contributed by atoms with van der Waals surface area (Å²) >= 11 is 5.77. The lowest BCUT2D eigenvalue weighted by molar-refractivity contribution is 0.398. The molecule has 0 saturated carbocycles. The maximum Gasteiger partial charge on any atom is 0.127 e. The summed E-state index contributed by atoms with van der Waals surface area (Å²) in [5.74, 6) is 6.03. The maximum absolute atomic E-state index is 13.9. The van der Waals surface area contributed by atoms with Crippen molar-refractivity contribution in [2.75, 3.05) is 7.11 Å². The molecule has 0 amide bonds. The average molecular weight is 309 g/mol. The first kappa shape index (κ1) is 15.8. The van der Waals surface area contributed by atoms with Crippen LogP contribution in [-0.2, 0) is 6.42 Å². The first-order chi connectivity index (χ1) is 10.0. The maximum atomic E-state index is 13.9. The van der Waals surface area contributed by atoms with Gasteiger partial charge in [0.05, 0.1) is 13.2 Å². The Balaban J connectivity index is 2.32. The van der Waals surface area contributed by atoms with Crippen LogP contribution < -0.4 is 16.0 Å². The molecule has 0 heterocycles. The molecule has 2 rings (SSSR count). The van der Waals surface area contributed by atoms with Gasteiger partial charge in [0.1, 0.15) is 11.6 Å². The number of aryl methyl sites for hydroxylation is 1. The smallest absolute Gasteiger partial charge is 0.127 e. The molecule has 0 bridgehead atoms. The Morgan fingerprint density at radius 1 is 1.29 bits per heavy atom. The van der Waals surface area contributed by atoms with E-state index in [4.69, 9.17) is 22.2 Å². The van der Waals surface area contributed by atoms with Gasteiger partial charge in [0.15, 0.2) is 0 Å². The second-order valence-electron chi connectivity index (χ2n) is 4.90. The van der Waals surface area contributed by atoms with Crippen LogP contribution >= 0.6 is 11.6 Å². The third-order valence-corrected chi connectivity index (χ3v) is 3.64. The van der Waals surface area contributed by atoms with Crippen molar-refractivity contribution in [3.63, 3.8) is 0 Å². The highest BCUT2D eigenvalue weighted by molar-refractivity contribution is 6.30. The molecular formula is C16H18ClFN2O. The highest BCUT2D eigenvalue weighted by Crippen LogP contribution is 2.29. The molecule has 0 aromatic heterocycles. The molecule has 0 fully saturated rings. The fourth-order valence-electron chi connectivity index (χ4n) is 2.27. The van der Waals surface area contributed by atoms with Crippen molar-refractivity contribution < 1.29 is 9.13 Å². The van der Waals surface area contributed by atoms with Gasteiger partial charge < -0.3 is 4.74 Å². The fourth-order valence-corrected chi connectivity index (χ4v) is 2.43. The van der Waals surface area contributed by atoms with Gasteiger partial charge in [0, 0.05) is 10.6 Å². The summed E-state index contributed by atoms with van der Waals surface area (Å²) in [7, 11) is 1.61. The Kier molecular flexibility index (Phi) is 5.17. The predicted molar refractivity (Wildman–Crippen MR) is 82.9 cm³/mol. The summed E-state index contributed by atoms with van der Waals surface area (Å²) in [4.78, 5) is 0. The van der Waals surface area contributed by atoms with Crippen LogP contribution in [0.15, 0.2) is 36.4 Å². The van der Waals surface area contributed by atoms with E-state index in [1.54, 1.807) is 19.2 Å². The van der Waals surface area contributed by atoms with E-state index in [1.807, 2.05) is 25.1 Å². The minimum Gasteiger partial charge on any atom is -0.496 e. The lowest BCUT2D eigenvalue weighted by atomic mass is 9.97. The summed E-state index contributed by atoms with van der Waals surface area (Å²) in [6.45, 7) is 1.98. The van der Waals surface area contributed by atoms with Gasteiger partial charge in [-0.05, 0) is 42.7 Å². The van der Waals surface area contributed by atoms with Gasteiger partial charge in [-0.15, -0.1) is 0 Å². The minimum absolute atomic E-state index is 0.253.